The van der Waals surface area contributed by atoms with Crippen molar-refractivity contribution in [1.29, 1.82) is 0 Å². The van der Waals surface area contributed by atoms with Crippen LogP contribution in [0.5, 0.6) is 0 Å². The molecule has 2 aromatic rings. The summed E-state index contributed by atoms with van der Waals surface area (Å²) in [5.41, 5.74) is 1.03. The van der Waals surface area contributed by atoms with Crippen LogP contribution in [0, 0.1) is 0 Å². The molecule has 1 saturated heterocycles. The molecule has 0 spiro atoms. The molecule has 1 aliphatic heterocycles. The van der Waals surface area contributed by atoms with Gasteiger partial charge in [-0.1, -0.05) is 24.3 Å². The molecule has 11 heteroatoms. The normalized spacial score (nSPS) is 21.0. The molecular formula is C25H27F2N3O5S. The number of nitrogens with zero attached hydrogens (tertiary/aromatic N) is 2. The first-order valence-corrected chi connectivity index (χ1v) is 13.4. The molecule has 2 amide bonds. The molecule has 0 unspecified atom stereocenters. The zero-order valence-corrected chi connectivity index (χ0v) is 20.3. The summed E-state index contributed by atoms with van der Waals surface area (Å²) in [6.45, 7) is 1.54. The lowest BCUT2D eigenvalue weighted by molar-refractivity contribution is -0.143. The maximum atomic E-state index is 13.1. The first kappa shape index (κ1) is 24.6. The van der Waals surface area contributed by atoms with Gasteiger partial charge in [0.2, 0.25) is 10.0 Å². The summed E-state index contributed by atoms with van der Waals surface area (Å²) in [5.74, 6) is -3.34. The smallest absolute Gasteiger partial charge is 0.254 e. The molecule has 2 aromatic carbocycles. The molecular weight excluding hydrogens is 492 g/mol. The Morgan fingerprint density at radius 3 is 2.11 bits per heavy atom. The Balaban J connectivity index is 1.21. The number of hydrogen-bond acceptors (Lipinski definition) is 5. The number of alkyl halides is 2. The predicted octanol–water partition coefficient (Wildman–Crippen LogP) is 2.70. The first-order valence-electron chi connectivity index (χ1n) is 11.9. The second-order valence-corrected chi connectivity index (χ2v) is 11.8. The van der Waals surface area contributed by atoms with Crippen LogP contribution in [-0.2, 0) is 14.8 Å². The van der Waals surface area contributed by atoms with Crippen molar-refractivity contribution in [1.82, 2.24) is 9.80 Å². The van der Waals surface area contributed by atoms with Crippen LogP contribution in [0.1, 0.15) is 36.0 Å². The molecule has 2 N–H and O–H groups in total. The SMILES string of the molecule is O=C(c1ccc(-c2cccc(NS(=O)(=O)C3CC(F)(F)C3)c2)cc1)N1CCN(C(=O)C2(O)CC2)CC1. The Labute approximate surface area is 207 Å². The van der Waals surface area contributed by atoms with Crippen molar-refractivity contribution in [2.75, 3.05) is 30.9 Å². The molecule has 36 heavy (non-hydrogen) atoms. The highest BCUT2D eigenvalue weighted by molar-refractivity contribution is 7.93. The Morgan fingerprint density at radius 1 is 0.917 bits per heavy atom. The Kier molecular flexibility index (Phi) is 6.03. The van der Waals surface area contributed by atoms with Gasteiger partial charge in [-0.3, -0.25) is 14.3 Å². The molecule has 0 aromatic heterocycles. The largest absolute Gasteiger partial charge is 0.380 e. The molecule has 192 valence electrons. The number of halogens is 2. The number of nitrogens with one attached hydrogen (secondary N) is 1. The van der Waals surface area contributed by atoms with Crippen LogP contribution in [0.15, 0.2) is 48.5 Å². The van der Waals surface area contributed by atoms with Crippen molar-refractivity contribution in [3.8, 4) is 11.1 Å². The van der Waals surface area contributed by atoms with E-state index in [0.29, 0.717) is 50.1 Å². The number of sulfonamides is 1. The van der Waals surface area contributed by atoms with Crippen LogP contribution >= 0.6 is 0 Å². The molecule has 8 nitrogen and oxygen atoms in total. The van der Waals surface area contributed by atoms with Crippen molar-refractivity contribution in [3.05, 3.63) is 54.1 Å². The molecule has 2 aliphatic carbocycles. The van der Waals surface area contributed by atoms with Gasteiger partial charge in [0.05, 0.1) is 5.25 Å². The fourth-order valence-electron chi connectivity index (χ4n) is 4.56. The molecule has 5 rings (SSSR count). The number of aliphatic hydroxyl groups is 1. The number of carbonyl (C=O) groups is 2. The Hall–Kier alpha value is -3.05. The van der Waals surface area contributed by atoms with Crippen LogP contribution in [0.3, 0.4) is 0 Å². The minimum absolute atomic E-state index is 0.155. The van der Waals surface area contributed by atoms with E-state index in [4.69, 9.17) is 0 Å². The van der Waals surface area contributed by atoms with Crippen LogP contribution in [0.4, 0.5) is 14.5 Å². The molecule has 0 radical (unpaired) electrons. The van der Waals surface area contributed by atoms with E-state index in [1.807, 2.05) is 0 Å². The van der Waals surface area contributed by atoms with E-state index >= 15 is 0 Å². The second kappa shape index (κ2) is 8.81. The van der Waals surface area contributed by atoms with Crippen LogP contribution in [0.2, 0.25) is 0 Å². The van der Waals surface area contributed by atoms with Crippen molar-refractivity contribution < 1.29 is 31.9 Å². The van der Waals surface area contributed by atoms with Gasteiger partial charge in [0, 0.05) is 50.3 Å². The number of hydrogen-bond donors (Lipinski definition) is 2. The topological polar surface area (TPSA) is 107 Å². The standard InChI is InChI=1S/C25H27F2N3O5S/c26-25(27)15-21(16-25)36(34,35)28-20-3-1-2-19(14-20)17-4-6-18(7-5-17)22(31)29-10-12-30(13-11-29)23(32)24(33)8-9-24/h1-7,14,21,28,33H,8-13,15-16H2. The van der Waals surface area contributed by atoms with Gasteiger partial charge in [0.25, 0.3) is 17.7 Å². The summed E-state index contributed by atoms with van der Waals surface area (Å²) in [7, 11) is -3.91. The van der Waals surface area contributed by atoms with E-state index in [9.17, 15) is 31.9 Å². The molecule has 1 heterocycles. The van der Waals surface area contributed by atoms with Crippen molar-refractivity contribution >= 4 is 27.5 Å². The van der Waals surface area contributed by atoms with E-state index < -0.39 is 39.6 Å². The molecule has 3 aliphatic rings. The lowest BCUT2D eigenvalue weighted by Gasteiger charge is -2.35. The van der Waals surface area contributed by atoms with Gasteiger partial charge in [-0.15, -0.1) is 0 Å². The highest BCUT2D eigenvalue weighted by Crippen LogP contribution is 2.42. The third-order valence-corrected chi connectivity index (χ3v) is 8.79. The van der Waals surface area contributed by atoms with Crippen molar-refractivity contribution in [2.24, 2.45) is 0 Å². The number of piperazine rings is 1. The average molecular weight is 520 g/mol. The first-order chi connectivity index (χ1) is 17.0. The number of benzene rings is 2. The zero-order chi connectivity index (χ0) is 25.7. The van der Waals surface area contributed by atoms with E-state index in [0.717, 1.165) is 5.56 Å². The summed E-state index contributed by atoms with van der Waals surface area (Å²) < 4.78 is 53.4. The summed E-state index contributed by atoms with van der Waals surface area (Å²) in [6, 6.07) is 13.5. The van der Waals surface area contributed by atoms with Crippen molar-refractivity contribution in [2.45, 2.75) is 42.5 Å². The molecule has 2 saturated carbocycles. The number of carbonyl (C=O) groups excluding carboxylic acids is 2. The molecule has 0 bridgehead atoms. The minimum atomic E-state index is -3.91. The van der Waals surface area contributed by atoms with Crippen LogP contribution in [-0.4, -0.2) is 78.1 Å². The van der Waals surface area contributed by atoms with Gasteiger partial charge < -0.3 is 14.9 Å². The van der Waals surface area contributed by atoms with Gasteiger partial charge in [0.15, 0.2) is 0 Å². The van der Waals surface area contributed by atoms with Gasteiger partial charge in [0.1, 0.15) is 5.60 Å². The zero-order valence-electron chi connectivity index (χ0n) is 19.5. The maximum absolute atomic E-state index is 13.1. The highest BCUT2D eigenvalue weighted by Gasteiger charge is 2.52. The van der Waals surface area contributed by atoms with Gasteiger partial charge in [-0.25, -0.2) is 17.2 Å². The Bertz CT molecular complexity index is 1280. The minimum Gasteiger partial charge on any atom is -0.380 e. The highest BCUT2D eigenvalue weighted by atomic mass is 32.2. The predicted molar refractivity (Wildman–Crippen MR) is 129 cm³/mol. The summed E-state index contributed by atoms with van der Waals surface area (Å²) in [5, 5.41) is 8.91. The molecule has 0 atom stereocenters. The van der Waals surface area contributed by atoms with Gasteiger partial charge in [-0.2, -0.15) is 0 Å². The number of rotatable bonds is 6. The summed E-state index contributed by atoms with van der Waals surface area (Å²) >= 11 is 0. The van der Waals surface area contributed by atoms with Gasteiger partial charge >= 0.3 is 0 Å². The monoisotopic (exact) mass is 519 g/mol. The van der Waals surface area contributed by atoms with E-state index in [2.05, 4.69) is 4.72 Å². The van der Waals surface area contributed by atoms with Crippen LogP contribution in [0.25, 0.3) is 11.1 Å². The average Bonchev–Trinajstić information content (AvgIpc) is 3.60. The lowest BCUT2D eigenvalue weighted by atomic mass is 9.94. The fraction of sp³-hybridized carbons (Fsp3) is 0.440. The maximum Gasteiger partial charge on any atom is 0.254 e. The number of anilines is 1. The summed E-state index contributed by atoms with van der Waals surface area (Å²) in [4.78, 5) is 28.5. The third-order valence-electron chi connectivity index (χ3n) is 7.06. The fourth-order valence-corrected chi connectivity index (χ4v) is 6.11. The van der Waals surface area contributed by atoms with Gasteiger partial charge in [-0.05, 0) is 48.2 Å². The van der Waals surface area contributed by atoms with E-state index in [-0.39, 0.29) is 17.5 Å². The van der Waals surface area contributed by atoms with E-state index in [1.165, 1.54) is 0 Å². The van der Waals surface area contributed by atoms with Crippen LogP contribution < -0.4 is 4.72 Å². The number of amides is 2. The molecule has 3 fully saturated rings. The summed E-state index contributed by atoms with van der Waals surface area (Å²) in [6.07, 6.45) is -0.368. The van der Waals surface area contributed by atoms with E-state index in [1.54, 1.807) is 58.3 Å². The quantitative estimate of drug-likeness (QED) is 0.611. The lowest BCUT2D eigenvalue weighted by Crippen LogP contribution is -2.53. The van der Waals surface area contributed by atoms with Crippen molar-refractivity contribution in [3.63, 3.8) is 0 Å². The second-order valence-electron chi connectivity index (χ2n) is 9.81. The third kappa shape index (κ3) is 4.94. The Morgan fingerprint density at radius 2 is 1.53 bits per heavy atom.